The van der Waals surface area contributed by atoms with Gasteiger partial charge in [-0.2, -0.15) is 13.2 Å². The average molecular weight is 301 g/mol. The summed E-state index contributed by atoms with van der Waals surface area (Å²) in [5.41, 5.74) is 1.05. The van der Waals surface area contributed by atoms with Crippen LogP contribution in [0.5, 0.6) is 0 Å². The lowest BCUT2D eigenvalue weighted by atomic mass is 9.84. The first-order chi connectivity index (χ1) is 10.0. The smallest absolute Gasteiger partial charge is 0.383 e. The third-order valence-corrected chi connectivity index (χ3v) is 4.11. The van der Waals surface area contributed by atoms with E-state index in [0.717, 1.165) is 12.0 Å². The van der Waals surface area contributed by atoms with Gasteiger partial charge in [0.05, 0.1) is 18.6 Å². The molecule has 2 nitrogen and oxygen atoms in total. The molecule has 0 spiro atoms. The molecular formula is C16H22F3NO. The van der Waals surface area contributed by atoms with Crippen LogP contribution in [0.3, 0.4) is 0 Å². The van der Waals surface area contributed by atoms with E-state index < -0.39 is 12.1 Å². The summed E-state index contributed by atoms with van der Waals surface area (Å²) < 4.78 is 43.8. The van der Waals surface area contributed by atoms with Gasteiger partial charge in [0.1, 0.15) is 0 Å². The first-order valence-electron chi connectivity index (χ1n) is 7.37. The van der Waals surface area contributed by atoms with E-state index in [1.165, 1.54) is 0 Å². The fraction of sp³-hybridized carbons (Fsp3) is 0.625. The van der Waals surface area contributed by atoms with Gasteiger partial charge < -0.3 is 10.1 Å². The zero-order valence-corrected chi connectivity index (χ0v) is 12.2. The van der Waals surface area contributed by atoms with E-state index >= 15 is 0 Å². The third-order valence-electron chi connectivity index (χ3n) is 4.11. The fourth-order valence-electron chi connectivity index (χ4n) is 3.02. The Balaban J connectivity index is 2.00. The van der Waals surface area contributed by atoms with Gasteiger partial charge in [0.15, 0.2) is 0 Å². The number of alkyl halides is 3. The van der Waals surface area contributed by atoms with Crippen molar-refractivity contribution in [1.82, 2.24) is 5.32 Å². The van der Waals surface area contributed by atoms with Crippen molar-refractivity contribution in [3.63, 3.8) is 0 Å². The molecule has 3 atom stereocenters. The summed E-state index contributed by atoms with van der Waals surface area (Å²) in [5, 5.41) is 3.35. The quantitative estimate of drug-likeness (QED) is 0.884. The summed E-state index contributed by atoms with van der Waals surface area (Å²) in [5.74, 6) is -1.18. The Kier molecular flexibility index (Phi) is 5.65. The monoisotopic (exact) mass is 301 g/mol. The van der Waals surface area contributed by atoms with Crippen LogP contribution in [0.1, 0.15) is 37.3 Å². The highest BCUT2D eigenvalue weighted by molar-refractivity contribution is 5.19. The van der Waals surface area contributed by atoms with Crippen molar-refractivity contribution in [2.45, 2.75) is 43.9 Å². The molecule has 118 valence electrons. The third kappa shape index (κ3) is 4.71. The molecule has 21 heavy (non-hydrogen) atoms. The second-order valence-electron chi connectivity index (χ2n) is 5.69. The summed E-state index contributed by atoms with van der Waals surface area (Å²) in [6, 6.07) is 9.56. The number of hydrogen-bond donors (Lipinski definition) is 1. The lowest BCUT2D eigenvalue weighted by Crippen LogP contribution is -2.41. The van der Waals surface area contributed by atoms with Crippen LogP contribution in [0, 0.1) is 5.92 Å². The molecule has 0 saturated heterocycles. The molecule has 0 amide bonds. The van der Waals surface area contributed by atoms with E-state index in [2.05, 4.69) is 5.32 Å². The number of hydrogen-bond acceptors (Lipinski definition) is 2. The predicted molar refractivity (Wildman–Crippen MR) is 76.0 cm³/mol. The lowest BCUT2D eigenvalue weighted by molar-refractivity contribution is -0.184. The van der Waals surface area contributed by atoms with Crippen LogP contribution in [0.25, 0.3) is 0 Å². The van der Waals surface area contributed by atoms with Crippen molar-refractivity contribution >= 4 is 0 Å². The summed E-state index contributed by atoms with van der Waals surface area (Å²) in [6.07, 6.45) is -2.25. The number of benzene rings is 1. The Labute approximate surface area is 123 Å². The summed E-state index contributed by atoms with van der Waals surface area (Å²) in [6.45, 7) is 0.456. The second-order valence-corrected chi connectivity index (χ2v) is 5.69. The minimum Gasteiger partial charge on any atom is -0.383 e. The molecule has 1 N–H and O–H groups in total. The highest BCUT2D eigenvalue weighted by Crippen LogP contribution is 2.38. The number of ether oxygens (including phenoxy) is 1. The predicted octanol–water partition coefficient (Wildman–Crippen LogP) is 4.08. The normalized spacial score (nSPS) is 24.8. The maximum Gasteiger partial charge on any atom is 0.391 e. The Bertz CT molecular complexity index is 421. The van der Waals surface area contributed by atoms with Gasteiger partial charge in [-0.1, -0.05) is 36.8 Å². The van der Waals surface area contributed by atoms with Crippen molar-refractivity contribution < 1.29 is 17.9 Å². The molecule has 2 rings (SSSR count). The minimum absolute atomic E-state index is 0.0619. The minimum atomic E-state index is -4.08. The largest absolute Gasteiger partial charge is 0.391 e. The van der Waals surface area contributed by atoms with Crippen LogP contribution in [-0.2, 0) is 4.74 Å². The first-order valence-corrected chi connectivity index (χ1v) is 7.37. The molecule has 1 aliphatic carbocycles. The molecule has 1 aliphatic rings. The van der Waals surface area contributed by atoms with Gasteiger partial charge in [-0.05, 0) is 24.8 Å². The molecule has 0 radical (unpaired) electrons. The molecular weight excluding hydrogens is 279 g/mol. The lowest BCUT2D eigenvalue weighted by Gasteiger charge is -2.33. The molecule has 0 heterocycles. The summed E-state index contributed by atoms with van der Waals surface area (Å²) in [7, 11) is 1.61. The molecule has 1 saturated carbocycles. The van der Waals surface area contributed by atoms with Crippen LogP contribution >= 0.6 is 0 Å². The summed E-state index contributed by atoms with van der Waals surface area (Å²) in [4.78, 5) is 0. The van der Waals surface area contributed by atoms with Crippen molar-refractivity contribution in [3.05, 3.63) is 35.9 Å². The van der Waals surface area contributed by atoms with Gasteiger partial charge in [0, 0.05) is 13.2 Å². The zero-order valence-electron chi connectivity index (χ0n) is 12.2. The number of nitrogens with one attached hydrogen (secondary N) is 1. The molecule has 1 aromatic carbocycles. The molecule has 3 unspecified atom stereocenters. The van der Waals surface area contributed by atoms with E-state index in [9.17, 15) is 13.2 Å². The average Bonchev–Trinajstić information content (AvgIpc) is 2.47. The SMILES string of the molecule is COCC(NC1CCCC(C(F)(F)F)C1)c1ccccc1. The molecule has 5 heteroatoms. The Hall–Kier alpha value is -1.07. The Morgan fingerprint density at radius 1 is 1.24 bits per heavy atom. The molecule has 1 fully saturated rings. The van der Waals surface area contributed by atoms with Crippen molar-refractivity contribution in [1.29, 1.82) is 0 Å². The Morgan fingerprint density at radius 3 is 2.57 bits per heavy atom. The van der Waals surface area contributed by atoms with E-state index in [0.29, 0.717) is 13.0 Å². The molecule has 0 aromatic heterocycles. The van der Waals surface area contributed by atoms with Crippen LogP contribution in [0.2, 0.25) is 0 Å². The van der Waals surface area contributed by atoms with Gasteiger partial charge in [-0.15, -0.1) is 0 Å². The van der Waals surface area contributed by atoms with Gasteiger partial charge in [0.2, 0.25) is 0 Å². The molecule has 0 aliphatic heterocycles. The van der Waals surface area contributed by atoms with Gasteiger partial charge >= 0.3 is 6.18 Å². The molecule has 1 aromatic rings. The van der Waals surface area contributed by atoms with Crippen molar-refractivity contribution in [3.8, 4) is 0 Å². The molecule has 0 bridgehead atoms. The maximum atomic E-state index is 12.9. The highest BCUT2D eigenvalue weighted by atomic mass is 19.4. The number of halogens is 3. The summed E-state index contributed by atoms with van der Waals surface area (Å²) >= 11 is 0. The van der Waals surface area contributed by atoms with E-state index in [1.807, 2.05) is 30.3 Å². The number of methoxy groups -OCH3 is 1. The standard InChI is InChI=1S/C16H22F3NO/c1-21-11-15(12-6-3-2-4-7-12)20-14-9-5-8-13(10-14)16(17,18)19/h2-4,6-7,13-15,20H,5,8-11H2,1H3. The second kappa shape index (κ2) is 7.27. The Morgan fingerprint density at radius 2 is 1.95 bits per heavy atom. The van der Waals surface area contributed by atoms with Crippen LogP contribution < -0.4 is 5.32 Å². The highest BCUT2D eigenvalue weighted by Gasteiger charge is 2.42. The van der Waals surface area contributed by atoms with Gasteiger partial charge in [0.25, 0.3) is 0 Å². The van der Waals surface area contributed by atoms with Gasteiger partial charge in [-0.25, -0.2) is 0 Å². The van der Waals surface area contributed by atoms with Crippen molar-refractivity contribution in [2.24, 2.45) is 5.92 Å². The van der Waals surface area contributed by atoms with Gasteiger partial charge in [-0.3, -0.25) is 0 Å². The van der Waals surface area contributed by atoms with E-state index in [1.54, 1.807) is 7.11 Å². The fourth-order valence-corrected chi connectivity index (χ4v) is 3.02. The maximum absolute atomic E-state index is 12.9. The van der Waals surface area contributed by atoms with Crippen LogP contribution in [0.4, 0.5) is 13.2 Å². The number of rotatable bonds is 5. The van der Waals surface area contributed by atoms with Crippen LogP contribution in [0.15, 0.2) is 30.3 Å². The van der Waals surface area contributed by atoms with Crippen molar-refractivity contribution in [2.75, 3.05) is 13.7 Å². The van der Waals surface area contributed by atoms with E-state index in [4.69, 9.17) is 4.74 Å². The zero-order chi connectivity index (χ0) is 15.3. The topological polar surface area (TPSA) is 21.3 Å². The first kappa shape index (κ1) is 16.3. The van der Waals surface area contributed by atoms with E-state index in [-0.39, 0.29) is 24.9 Å². The van der Waals surface area contributed by atoms with Crippen LogP contribution in [-0.4, -0.2) is 25.9 Å².